The van der Waals surface area contributed by atoms with Crippen LogP contribution in [-0.2, 0) is 5.88 Å². The first kappa shape index (κ1) is 9.91. The topological polar surface area (TPSA) is 17.8 Å². The Morgan fingerprint density at radius 2 is 2.12 bits per heavy atom. The summed E-state index contributed by atoms with van der Waals surface area (Å²) in [5.41, 5.74) is 2.53. The third-order valence-corrected chi connectivity index (χ3v) is 3.50. The fraction of sp³-hybridized carbons (Fsp3) is 0.308. The van der Waals surface area contributed by atoms with Gasteiger partial charge in [-0.05, 0) is 12.0 Å². The minimum Gasteiger partial charge on any atom is -0.330 e. The van der Waals surface area contributed by atoms with Gasteiger partial charge in [0.25, 0.3) is 0 Å². The number of halogens is 1. The van der Waals surface area contributed by atoms with Crippen molar-refractivity contribution in [1.29, 1.82) is 0 Å². The third kappa shape index (κ3) is 1.63. The Morgan fingerprint density at radius 1 is 1.31 bits per heavy atom. The average Bonchev–Trinajstić information content (AvgIpc) is 3.00. The van der Waals surface area contributed by atoms with Crippen LogP contribution in [0.15, 0.2) is 42.9 Å². The van der Waals surface area contributed by atoms with Crippen LogP contribution in [-0.4, -0.2) is 9.55 Å². The molecule has 2 unspecified atom stereocenters. The van der Waals surface area contributed by atoms with Crippen molar-refractivity contribution >= 4 is 11.6 Å². The van der Waals surface area contributed by atoms with Gasteiger partial charge in [0.05, 0.1) is 17.9 Å². The first-order valence-corrected chi connectivity index (χ1v) is 6.05. The van der Waals surface area contributed by atoms with Crippen molar-refractivity contribution < 1.29 is 0 Å². The Kier molecular flexibility index (Phi) is 2.44. The molecule has 0 spiro atoms. The molecule has 3 rings (SSSR count). The Bertz CT molecular complexity index is 478. The minimum atomic E-state index is 0.540. The van der Waals surface area contributed by atoms with E-state index in [9.17, 15) is 0 Å². The molecule has 2 nitrogen and oxygen atoms in total. The SMILES string of the molecule is ClCc1cncn1C1CC1c1ccccc1. The molecule has 0 N–H and O–H groups in total. The lowest BCUT2D eigenvalue weighted by molar-refractivity contribution is 0.691. The van der Waals surface area contributed by atoms with E-state index >= 15 is 0 Å². The second-order valence-electron chi connectivity index (χ2n) is 4.25. The van der Waals surface area contributed by atoms with Crippen LogP contribution >= 0.6 is 11.6 Å². The number of hydrogen-bond acceptors (Lipinski definition) is 1. The van der Waals surface area contributed by atoms with Gasteiger partial charge in [-0.1, -0.05) is 30.3 Å². The molecule has 1 heterocycles. The summed E-state index contributed by atoms with van der Waals surface area (Å²) >= 11 is 5.88. The number of imidazole rings is 1. The molecule has 2 aromatic rings. The van der Waals surface area contributed by atoms with Crippen LogP contribution < -0.4 is 0 Å². The zero-order chi connectivity index (χ0) is 11.0. The maximum atomic E-state index is 5.88. The van der Waals surface area contributed by atoms with Gasteiger partial charge >= 0.3 is 0 Å². The van der Waals surface area contributed by atoms with Crippen molar-refractivity contribution in [2.75, 3.05) is 0 Å². The van der Waals surface area contributed by atoms with Crippen molar-refractivity contribution in [3.63, 3.8) is 0 Å². The monoisotopic (exact) mass is 232 g/mol. The number of aromatic nitrogens is 2. The Balaban J connectivity index is 1.82. The van der Waals surface area contributed by atoms with E-state index in [1.54, 1.807) is 0 Å². The fourth-order valence-corrected chi connectivity index (χ4v) is 2.49. The molecule has 1 aromatic heterocycles. The second-order valence-corrected chi connectivity index (χ2v) is 4.51. The van der Waals surface area contributed by atoms with Crippen molar-refractivity contribution in [1.82, 2.24) is 9.55 Å². The summed E-state index contributed by atoms with van der Waals surface area (Å²) in [5, 5.41) is 0. The highest BCUT2D eigenvalue weighted by Crippen LogP contribution is 2.51. The normalized spacial score (nSPS) is 23.3. The second kappa shape index (κ2) is 3.95. The van der Waals surface area contributed by atoms with Gasteiger partial charge in [0, 0.05) is 18.2 Å². The molecular formula is C13H13ClN2. The van der Waals surface area contributed by atoms with E-state index < -0.39 is 0 Å². The lowest BCUT2D eigenvalue weighted by Crippen LogP contribution is -1.98. The summed E-state index contributed by atoms with van der Waals surface area (Å²) in [6, 6.07) is 11.2. The molecule has 1 fully saturated rings. The van der Waals surface area contributed by atoms with Gasteiger partial charge in [-0.3, -0.25) is 0 Å². The fourth-order valence-electron chi connectivity index (χ4n) is 2.28. The zero-order valence-electron chi connectivity index (χ0n) is 8.88. The van der Waals surface area contributed by atoms with Crippen LogP contribution in [0.1, 0.15) is 29.6 Å². The third-order valence-electron chi connectivity index (χ3n) is 3.22. The highest BCUT2D eigenvalue weighted by Gasteiger charge is 2.40. The number of alkyl halides is 1. The zero-order valence-corrected chi connectivity index (χ0v) is 9.64. The van der Waals surface area contributed by atoms with E-state index in [1.165, 1.54) is 12.0 Å². The van der Waals surface area contributed by atoms with Crippen LogP contribution in [0.5, 0.6) is 0 Å². The molecule has 0 aliphatic heterocycles. The van der Waals surface area contributed by atoms with Gasteiger partial charge < -0.3 is 4.57 Å². The highest BCUT2D eigenvalue weighted by molar-refractivity contribution is 6.16. The first-order valence-electron chi connectivity index (χ1n) is 5.52. The molecule has 1 aliphatic rings. The van der Waals surface area contributed by atoms with Gasteiger partial charge in [-0.25, -0.2) is 4.98 Å². The summed E-state index contributed by atoms with van der Waals surface area (Å²) in [6.45, 7) is 0. The van der Waals surface area contributed by atoms with E-state index in [0.717, 1.165) is 5.69 Å². The Hall–Kier alpha value is -1.28. The van der Waals surface area contributed by atoms with E-state index in [0.29, 0.717) is 17.8 Å². The van der Waals surface area contributed by atoms with Crippen LogP contribution in [0, 0.1) is 0 Å². The lowest BCUT2D eigenvalue weighted by Gasteiger charge is -2.05. The van der Waals surface area contributed by atoms with Crippen LogP contribution in [0.3, 0.4) is 0 Å². The van der Waals surface area contributed by atoms with Crippen LogP contribution in [0.2, 0.25) is 0 Å². The van der Waals surface area contributed by atoms with E-state index in [-0.39, 0.29) is 0 Å². The number of benzene rings is 1. The predicted molar refractivity (Wildman–Crippen MR) is 64.6 cm³/mol. The molecule has 0 saturated heterocycles. The average molecular weight is 233 g/mol. The quantitative estimate of drug-likeness (QED) is 0.743. The molecule has 0 bridgehead atoms. The molecule has 0 amide bonds. The molecule has 16 heavy (non-hydrogen) atoms. The van der Waals surface area contributed by atoms with Gasteiger partial charge in [0.15, 0.2) is 0 Å². The van der Waals surface area contributed by atoms with Crippen molar-refractivity contribution in [2.45, 2.75) is 24.3 Å². The lowest BCUT2D eigenvalue weighted by atomic mass is 10.1. The van der Waals surface area contributed by atoms with Gasteiger partial charge in [0.1, 0.15) is 0 Å². The molecule has 1 aliphatic carbocycles. The molecular weight excluding hydrogens is 220 g/mol. The maximum absolute atomic E-state index is 5.88. The largest absolute Gasteiger partial charge is 0.330 e. The number of rotatable bonds is 3. The van der Waals surface area contributed by atoms with Crippen molar-refractivity contribution in [2.24, 2.45) is 0 Å². The first-order chi connectivity index (χ1) is 7.90. The maximum Gasteiger partial charge on any atom is 0.0951 e. The van der Waals surface area contributed by atoms with Crippen LogP contribution in [0.25, 0.3) is 0 Å². The molecule has 3 heteroatoms. The number of hydrogen-bond donors (Lipinski definition) is 0. The summed E-state index contributed by atoms with van der Waals surface area (Å²) < 4.78 is 2.21. The van der Waals surface area contributed by atoms with Crippen LogP contribution in [0.4, 0.5) is 0 Å². The Labute approximate surface area is 99.9 Å². The van der Waals surface area contributed by atoms with E-state index in [4.69, 9.17) is 11.6 Å². The Morgan fingerprint density at radius 3 is 2.88 bits per heavy atom. The van der Waals surface area contributed by atoms with Crippen molar-refractivity contribution in [3.8, 4) is 0 Å². The molecule has 1 aromatic carbocycles. The summed E-state index contributed by atoms with van der Waals surface area (Å²) in [4.78, 5) is 4.16. The highest BCUT2D eigenvalue weighted by atomic mass is 35.5. The van der Waals surface area contributed by atoms with Gasteiger partial charge in [-0.2, -0.15) is 0 Å². The number of nitrogens with zero attached hydrogens (tertiary/aromatic N) is 2. The summed E-state index contributed by atoms with van der Waals surface area (Å²) in [5.74, 6) is 1.18. The minimum absolute atomic E-state index is 0.540. The summed E-state index contributed by atoms with van der Waals surface area (Å²) in [6.07, 6.45) is 4.95. The molecule has 2 atom stereocenters. The van der Waals surface area contributed by atoms with E-state index in [1.807, 2.05) is 12.5 Å². The predicted octanol–water partition coefficient (Wildman–Crippen LogP) is 3.35. The standard InChI is InChI=1S/C13H13ClN2/c14-7-11-8-15-9-16(11)13-6-12(13)10-4-2-1-3-5-10/h1-5,8-9,12-13H,6-7H2. The molecule has 82 valence electrons. The van der Waals surface area contributed by atoms with Crippen molar-refractivity contribution in [3.05, 3.63) is 54.1 Å². The van der Waals surface area contributed by atoms with E-state index in [2.05, 4.69) is 39.9 Å². The summed E-state index contributed by atoms with van der Waals surface area (Å²) in [7, 11) is 0. The smallest absolute Gasteiger partial charge is 0.0951 e. The molecule has 1 saturated carbocycles. The van der Waals surface area contributed by atoms with Gasteiger partial charge in [-0.15, -0.1) is 11.6 Å². The van der Waals surface area contributed by atoms with Gasteiger partial charge in [0.2, 0.25) is 0 Å². The molecule has 0 radical (unpaired) electrons.